The van der Waals surface area contributed by atoms with Crippen LogP contribution in [0.5, 0.6) is 0 Å². The first-order valence-corrected chi connectivity index (χ1v) is 16.6. The number of nitrogens with one attached hydrogen (secondary N) is 3. The van der Waals surface area contributed by atoms with Gasteiger partial charge in [0.1, 0.15) is 6.04 Å². The molecule has 0 heterocycles. The fraction of sp³-hybridized carbons (Fsp3) is 0.583. The average Bonchev–Trinajstić information content (AvgIpc) is 2.92. The molecule has 20 heteroatoms. The second-order valence-electron chi connectivity index (χ2n) is 9.80. The lowest BCUT2D eigenvalue weighted by Gasteiger charge is -2.22. The van der Waals surface area contributed by atoms with E-state index in [-0.39, 0.29) is 38.5 Å². The second kappa shape index (κ2) is 19.3. The first-order chi connectivity index (χ1) is 20.5. The van der Waals surface area contributed by atoms with Crippen LogP contribution in [0.4, 0.5) is 15.3 Å². The van der Waals surface area contributed by atoms with Crippen molar-refractivity contribution in [3.8, 4) is 0 Å². The maximum absolute atomic E-state index is 12.9. The third kappa shape index (κ3) is 17.3. The number of hydrogen-bond donors (Lipinski definition) is 8. The van der Waals surface area contributed by atoms with Crippen molar-refractivity contribution in [2.75, 3.05) is 25.1 Å². The summed E-state index contributed by atoms with van der Waals surface area (Å²) in [5.41, 5.74) is 16.4. The lowest BCUT2D eigenvalue weighted by Crippen LogP contribution is -2.51. The first kappa shape index (κ1) is 38.9. The number of anilines is 1. The molecule has 1 aromatic rings. The van der Waals surface area contributed by atoms with E-state index in [0.717, 1.165) is 0 Å². The third-order valence-electron chi connectivity index (χ3n) is 5.73. The van der Waals surface area contributed by atoms with Crippen molar-refractivity contribution < 1.29 is 56.2 Å². The Morgan fingerprint density at radius 2 is 1.50 bits per heavy atom. The number of phosphoric ester groups is 2. The highest BCUT2D eigenvalue weighted by Gasteiger charge is 2.35. The third-order valence-corrected chi connectivity index (χ3v) is 8.35. The molecule has 0 aliphatic heterocycles. The van der Waals surface area contributed by atoms with Gasteiger partial charge in [-0.1, -0.05) is 26.0 Å². The van der Waals surface area contributed by atoms with Crippen molar-refractivity contribution >= 4 is 45.3 Å². The van der Waals surface area contributed by atoms with Gasteiger partial charge in [0, 0.05) is 12.2 Å². The standard InChI is InChI=1S/C24H42N6O12P2/c1-16(2)20(25)22(32)30-19(7-6-12-28-23(26)33)21(31)29-18-10-8-17(9-11-18)15-41-44(37,38)42-43(35,36)40-14-5-3-4-13-39-24(27)34/h8-11,16,19-20H,3-7,12-15,25H2,1-2H3,(H2,27,34)(H,29,31)(H,30,32)(H,35,36)(H,37,38)(H3,26,28,33)/t19-,20-/m1/s1. The van der Waals surface area contributed by atoms with Crippen molar-refractivity contribution in [2.24, 2.45) is 23.1 Å². The summed E-state index contributed by atoms with van der Waals surface area (Å²) >= 11 is 0. The molecule has 0 bridgehead atoms. The maximum Gasteiger partial charge on any atom is 0.481 e. The van der Waals surface area contributed by atoms with Crippen LogP contribution in [0.3, 0.4) is 0 Å². The van der Waals surface area contributed by atoms with Crippen LogP contribution < -0.4 is 33.2 Å². The molecule has 0 aliphatic rings. The van der Waals surface area contributed by atoms with Crippen LogP contribution in [0.2, 0.25) is 0 Å². The first-order valence-electron chi connectivity index (χ1n) is 13.6. The van der Waals surface area contributed by atoms with E-state index >= 15 is 0 Å². The minimum atomic E-state index is -5.02. The molecule has 0 radical (unpaired) electrons. The molecule has 1 aromatic carbocycles. The number of rotatable bonds is 21. The van der Waals surface area contributed by atoms with Gasteiger partial charge in [-0.25, -0.2) is 18.7 Å². The number of phosphoric acid groups is 2. The van der Waals surface area contributed by atoms with E-state index in [1.807, 2.05) is 0 Å². The van der Waals surface area contributed by atoms with Crippen molar-refractivity contribution in [2.45, 2.75) is 64.6 Å². The zero-order valence-corrected chi connectivity index (χ0v) is 26.3. The summed E-state index contributed by atoms with van der Waals surface area (Å²) in [4.78, 5) is 66.3. The van der Waals surface area contributed by atoms with Crippen LogP contribution in [0.25, 0.3) is 0 Å². The fourth-order valence-corrected chi connectivity index (χ4v) is 5.43. The molecule has 18 nitrogen and oxygen atoms in total. The summed E-state index contributed by atoms with van der Waals surface area (Å²) in [5.74, 6) is -1.24. The van der Waals surface area contributed by atoms with E-state index < -0.39 is 58.3 Å². The summed E-state index contributed by atoms with van der Waals surface area (Å²) in [6, 6.07) is 3.28. The maximum atomic E-state index is 12.9. The predicted molar refractivity (Wildman–Crippen MR) is 157 cm³/mol. The second-order valence-corrected chi connectivity index (χ2v) is 12.8. The van der Waals surface area contributed by atoms with Gasteiger partial charge in [0.25, 0.3) is 0 Å². The predicted octanol–water partition coefficient (Wildman–Crippen LogP) is 1.56. The summed E-state index contributed by atoms with van der Waals surface area (Å²) in [5, 5.41) is 7.66. The van der Waals surface area contributed by atoms with E-state index in [1.54, 1.807) is 13.8 Å². The summed E-state index contributed by atoms with van der Waals surface area (Å²) in [7, 11) is -9.95. The summed E-state index contributed by atoms with van der Waals surface area (Å²) in [6.45, 7) is 3.00. The molecule has 2 unspecified atom stereocenters. The van der Waals surface area contributed by atoms with E-state index in [1.165, 1.54) is 24.3 Å². The number of nitrogens with two attached hydrogens (primary N) is 3. The SMILES string of the molecule is CC(C)[C@@H](N)C(=O)N[C@H](CCCNC(N)=O)C(=O)Nc1ccc(COP(=O)(O)OP(=O)(O)OCCCCCOC(N)=O)cc1. The quantitative estimate of drug-likeness (QED) is 0.0682. The lowest BCUT2D eigenvalue weighted by molar-refractivity contribution is -0.128. The molecular weight excluding hydrogens is 626 g/mol. The van der Waals surface area contributed by atoms with E-state index in [4.69, 9.17) is 21.7 Å². The topological polar surface area (TPSA) is 294 Å². The van der Waals surface area contributed by atoms with Gasteiger partial charge < -0.3 is 47.7 Å². The Morgan fingerprint density at radius 3 is 2.09 bits per heavy atom. The van der Waals surface area contributed by atoms with Gasteiger partial charge in [-0.2, -0.15) is 4.31 Å². The number of urea groups is 1. The van der Waals surface area contributed by atoms with Crippen LogP contribution in [-0.4, -0.2) is 65.6 Å². The molecule has 4 atom stereocenters. The zero-order valence-electron chi connectivity index (χ0n) is 24.5. The van der Waals surface area contributed by atoms with Crippen LogP contribution in [-0.2, 0) is 43.4 Å². The molecule has 5 amide bonds. The van der Waals surface area contributed by atoms with E-state index in [9.17, 15) is 38.1 Å². The van der Waals surface area contributed by atoms with Crippen molar-refractivity contribution in [1.29, 1.82) is 0 Å². The molecule has 0 aliphatic carbocycles. The van der Waals surface area contributed by atoms with Crippen molar-refractivity contribution in [1.82, 2.24) is 10.6 Å². The molecule has 44 heavy (non-hydrogen) atoms. The highest BCUT2D eigenvalue weighted by molar-refractivity contribution is 7.61. The lowest BCUT2D eigenvalue weighted by atomic mass is 10.0. The normalized spacial score (nSPS) is 15.3. The molecule has 250 valence electrons. The van der Waals surface area contributed by atoms with Crippen LogP contribution in [0.1, 0.15) is 51.5 Å². The monoisotopic (exact) mass is 668 g/mol. The van der Waals surface area contributed by atoms with Gasteiger partial charge in [0.2, 0.25) is 11.8 Å². The highest BCUT2D eigenvalue weighted by Crippen LogP contribution is 2.60. The Kier molecular flexibility index (Phi) is 17.1. The van der Waals surface area contributed by atoms with Gasteiger partial charge in [-0.15, -0.1) is 0 Å². The number of ether oxygens (including phenoxy) is 1. The molecule has 0 fully saturated rings. The molecule has 0 spiro atoms. The van der Waals surface area contributed by atoms with Gasteiger partial charge in [0.15, 0.2) is 0 Å². The van der Waals surface area contributed by atoms with Crippen molar-refractivity contribution in [3.05, 3.63) is 29.8 Å². The number of amides is 5. The number of hydrogen-bond acceptors (Lipinski definition) is 11. The Morgan fingerprint density at radius 1 is 0.886 bits per heavy atom. The summed E-state index contributed by atoms with van der Waals surface area (Å²) < 4.78 is 42.4. The summed E-state index contributed by atoms with van der Waals surface area (Å²) in [6.07, 6.45) is 0.724. The molecule has 1 rings (SSSR count). The molecule has 0 saturated heterocycles. The Labute approximate surface area is 254 Å². The Balaban J connectivity index is 2.64. The zero-order chi connectivity index (χ0) is 33.3. The smallest absolute Gasteiger partial charge is 0.450 e. The van der Waals surface area contributed by atoms with Gasteiger partial charge >= 0.3 is 27.8 Å². The van der Waals surface area contributed by atoms with E-state index in [2.05, 4.69) is 29.5 Å². The van der Waals surface area contributed by atoms with Crippen molar-refractivity contribution in [3.63, 3.8) is 0 Å². The average molecular weight is 669 g/mol. The fourth-order valence-electron chi connectivity index (χ4n) is 3.34. The molecule has 0 saturated carbocycles. The number of carbonyl (C=O) groups is 4. The molecular formula is C24H42N6O12P2. The van der Waals surface area contributed by atoms with Crippen LogP contribution in [0.15, 0.2) is 24.3 Å². The number of unbranched alkanes of at least 4 members (excludes halogenated alkanes) is 2. The van der Waals surface area contributed by atoms with Gasteiger partial charge in [-0.05, 0) is 55.7 Å². The Bertz CT molecular complexity index is 1190. The van der Waals surface area contributed by atoms with E-state index in [0.29, 0.717) is 30.5 Å². The number of primary amides is 2. The highest BCUT2D eigenvalue weighted by atomic mass is 31.3. The molecule has 0 aromatic heterocycles. The largest absolute Gasteiger partial charge is 0.481 e. The minimum absolute atomic E-state index is 0.0690. The van der Waals surface area contributed by atoms with Gasteiger partial charge in [0.05, 0.1) is 25.9 Å². The van der Waals surface area contributed by atoms with Crippen LogP contribution >= 0.6 is 15.6 Å². The van der Waals surface area contributed by atoms with Crippen LogP contribution in [0, 0.1) is 5.92 Å². The number of carbonyl (C=O) groups excluding carboxylic acids is 4. The molecule has 11 N–H and O–H groups in total. The Hall–Kier alpha value is -3.08. The van der Waals surface area contributed by atoms with Gasteiger partial charge in [-0.3, -0.25) is 18.6 Å². The number of benzene rings is 1. The minimum Gasteiger partial charge on any atom is -0.450 e.